The number of amides is 1. The van der Waals surface area contributed by atoms with Crippen LogP contribution in [0.1, 0.15) is 52.7 Å². The number of carbonyl (C=O) groups is 1. The number of rotatable bonds is 6. The third-order valence-electron chi connectivity index (χ3n) is 4.46. The van der Waals surface area contributed by atoms with Gasteiger partial charge in [-0.05, 0) is 63.7 Å². The van der Waals surface area contributed by atoms with Crippen molar-refractivity contribution in [1.82, 2.24) is 10.2 Å². The largest absolute Gasteiger partial charge is 0.338 e. The molecule has 0 bridgehead atoms. The molecule has 0 radical (unpaired) electrons. The highest BCUT2D eigenvalue weighted by Gasteiger charge is 2.24. The number of aryl methyl sites for hydroxylation is 2. The van der Waals surface area contributed by atoms with Crippen LogP contribution in [0, 0.1) is 12.8 Å². The molecular weight excluding hydrogens is 316 g/mol. The molecule has 0 unspecified atom stereocenters. The molecule has 1 aliphatic rings. The van der Waals surface area contributed by atoms with Crippen molar-refractivity contribution >= 4 is 29.7 Å². The van der Waals surface area contributed by atoms with Crippen LogP contribution in [0.5, 0.6) is 0 Å². The summed E-state index contributed by atoms with van der Waals surface area (Å²) in [6.45, 7) is 7.26. The van der Waals surface area contributed by atoms with Gasteiger partial charge in [-0.3, -0.25) is 4.79 Å². The molecule has 1 aliphatic heterocycles. The fraction of sp³-hybridized carbons (Fsp3) is 0.706. The van der Waals surface area contributed by atoms with Gasteiger partial charge < -0.3 is 10.2 Å². The van der Waals surface area contributed by atoms with Crippen molar-refractivity contribution in [3.63, 3.8) is 0 Å². The molecule has 5 heteroatoms. The second-order valence-electron chi connectivity index (χ2n) is 6.07. The van der Waals surface area contributed by atoms with Crippen molar-refractivity contribution in [3.8, 4) is 0 Å². The lowest BCUT2D eigenvalue weighted by Gasteiger charge is -2.31. The first-order valence-corrected chi connectivity index (χ1v) is 9.00. The zero-order valence-corrected chi connectivity index (χ0v) is 15.6. The summed E-state index contributed by atoms with van der Waals surface area (Å²) in [6.07, 6.45) is 5.76. The summed E-state index contributed by atoms with van der Waals surface area (Å²) in [6, 6.07) is 2.12. The van der Waals surface area contributed by atoms with Gasteiger partial charge in [0.15, 0.2) is 0 Å². The van der Waals surface area contributed by atoms with E-state index in [4.69, 9.17) is 0 Å². The average Bonchev–Trinajstić information content (AvgIpc) is 2.86. The van der Waals surface area contributed by atoms with Gasteiger partial charge in [0.25, 0.3) is 5.91 Å². The van der Waals surface area contributed by atoms with Gasteiger partial charge in [-0.1, -0.05) is 13.3 Å². The molecule has 22 heavy (non-hydrogen) atoms. The summed E-state index contributed by atoms with van der Waals surface area (Å²) < 4.78 is 0. The molecule has 1 N–H and O–H groups in total. The number of hydrogen-bond donors (Lipinski definition) is 1. The first kappa shape index (κ1) is 19.5. The highest BCUT2D eigenvalue weighted by atomic mass is 35.5. The van der Waals surface area contributed by atoms with E-state index in [1.165, 1.54) is 16.9 Å². The monoisotopic (exact) mass is 344 g/mol. The number of thiophene rings is 1. The Kier molecular flexibility index (Phi) is 8.44. The van der Waals surface area contributed by atoms with Crippen LogP contribution >= 0.6 is 23.7 Å². The molecule has 1 amide bonds. The molecule has 0 aromatic carbocycles. The first-order valence-electron chi connectivity index (χ1n) is 8.18. The van der Waals surface area contributed by atoms with Crippen LogP contribution in [0.4, 0.5) is 0 Å². The van der Waals surface area contributed by atoms with E-state index in [-0.39, 0.29) is 18.3 Å². The minimum Gasteiger partial charge on any atom is -0.338 e. The average molecular weight is 345 g/mol. The van der Waals surface area contributed by atoms with Gasteiger partial charge in [-0.15, -0.1) is 23.7 Å². The van der Waals surface area contributed by atoms with Gasteiger partial charge in [0.1, 0.15) is 0 Å². The van der Waals surface area contributed by atoms with Gasteiger partial charge in [-0.2, -0.15) is 0 Å². The van der Waals surface area contributed by atoms with Crippen LogP contribution in [0.25, 0.3) is 0 Å². The molecule has 0 atom stereocenters. The van der Waals surface area contributed by atoms with Crippen LogP contribution in [0.3, 0.4) is 0 Å². The third kappa shape index (κ3) is 4.97. The Morgan fingerprint density at radius 1 is 1.41 bits per heavy atom. The van der Waals surface area contributed by atoms with Crippen LogP contribution in [-0.4, -0.2) is 37.5 Å². The molecule has 2 heterocycles. The number of piperidine rings is 1. The minimum atomic E-state index is 0. The van der Waals surface area contributed by atoms with Crippen molar-refractivity contribution in [2.45, 2.75) is 46.0 Å². The Morgan fingerprint density at radius 2 is 2.09 bits per heavy atom. The third-order valence-corrected chi connectivity index (χ3v) is 5.54. The van der Waals surface area contributed by atoms with Crippen LogP contribution in [0.15, 0.2) is 6.07 Å². The molecule has 0 spiro atoms. The van der Waals surface area contributed by atoms with Crippen molar-refractivity contribution in [2.24, 2.45) is 5.92 Å². The molecule has 1 aromatic heterocycles. The van der Waals surface area contributed by atoms with Gasteiger partial charge >= 0.3 is 0 Å². The molecule has 3 nitrogen and oxygen atoms in total. The maximum absolute atomic E-state index is 12.6. The maximum atomic E-state index is 12.6. The second-order valence-corrected chi connectivity index (χ2v) is 7.33. The molecule has 1 saturated heterocycles. The highest BCUT2D eigenvalue weighted by molar-refractivity contribution is 7.14. The number of hydrogen-bond acceptors (Lipinski definition) is 3. The minimum absolute atomic E-state index is 0. The van der Waals surface area contributed by atoms with Crippen molar-refractivity contribution in [1.29, 1.82) is 0 Å². The molecular formula is C17H29ClN2OS. The van der Waals surface area contributed by atoms with E-state index in [9.17, 15) is 4.79 Å². The fourth-order valence-corrected chi connectivity index (χ4v) is 4.11. The lowest BCUT2D eigenvalue weighted by atomic mass is 9.93. The standard InChI is InChI=1S/C17H28N2OS.ClH/c1-4-5-15-12-16(21-13(15)2)17(20)19-10-7-14(8-11-19)6-9-18-3;/h12,14,18H,4-11H2,1-3H3;1H. The molecule has 1 fully saturated rings. The Hall–Kier alpha value is -0.580. The van der Waals surface area contributed by atoms with Crippen LogP contribution < -0.4 is 5.32 Å². The SMILES string of the molecule is CCCc1cc(C(=O)N2CCC(CCNC)CC2)sc1C.Cl. The predicted molar refractivity (Wildman–Crippen MR) is 97.5 cm³/mol. The summed E-state index contributed by atoms with van der Waals surface area (Å²) in [5, 5.41) is 3.22. The Morgan fingerprint density at radius 3 is 2.68 bits per heavy atom. The van der Waals surface area contributed by atoms with E-state index >= 15 is 0 Å². The number of nitrogens with zero attached hydrogens (tertiary/aromatic N) is 1. The molecule has 1 aromatic rings. The van der Waals surface area contributed by atoms with E-state index in [1.807, 2.05) is 7.05 Å². The van der Waals surface area contributed by atoms with E-state index in [0.29, 0.717) is 0 Å². The van der Waals surface area contributed by atoms with E-state index in [1.54, 1.807) is 11.3 Å². The van der Waals surface area contributed by atoms with Gasteiger partial charge in [0.2, 0.25) is 0 Å². The van der Waals surface area contributed by atoms with E-state index in [0.717, 1.165) is 56.1 Å². The summed E-state index contributed by atoms with van der Waals surface area (Å²) in [7, 11) is 2.01. The maximum Gasteiger partial charge on any atom is 0.263 e. The van der Waals surface area contributed by atoms with E-state index in [2.05, 4.69) is 30.1 Å². The van der Waals surface area contributed by atoms with Crippen LogP contribution in [0.2, 0.25) is 0 Å². The summed E-state index contributed by atoms with van der Waals surface area (Å²) >= 11 is 1.67. The predicted octanol–water partition coefficient (Wildman–Crippen LogP) is 3.89. The van der Waals surface area contributed by atoms with Crippen molar-refractivity contribution in [2.75, 3.05) is 26.7 Å². The summed E-state index contributed by atoms with van der Waals surface area (Å²) in [5.41, 5.74) is 1.36. The zero-order chi connectivity index (χ0) is 15.2. The highest BCUT2D eigenvalue weighted by Crippen LogP contribution is 2.26. The van der Waals surface area contributed by atoms with E-state index < -0.39 is 0 Å². The van der Waals surface area contributed by atoms with Gasteiger partial charge in [0, 0.05) is 18.0 Å². The topological polar surface area (TPSA) is 32.3 Å². The Balaban J connectivity index is 0.00000242. The number of likely N-dealkylation sites (tertiary alicyclic amines) is 1. The molecule has 126 valence electrons. The first-order chi connectivity index (χ1) is 10.2. The van der Waals surface area contributed by atoms with Crippen molar-refractivity contribution in [3.05, 3.63) is 21.4 Å². The summed E-state index contributed by atoms with van der Waals surface area (Å²) in [4.78, 5) is 16.9. The van der Waals surface area contributed by atoms with Crippen molar-refractivity contribution < 1.29 is 4.79 Å². The smallest absolute Gasteiger partial charge is 0.263 e. The quantitative estimate of drug-likeness (QED) is 0.849. The number of halogens is 1. The number of carbonyl (C=O) groups excluding carboxylic acids is 1. The Bertz CT molecular complexity index is 467. The Labute approximate surface area is 144 Å². The fourth-order valence-electron chi connectivity index (χ4n) is 3.07. The normalized spacial score (nSPS) is 15.7. The lowest BCUT2D eigenvalue weighted by molar-refractivity contribution is 0.0692. The van der Waals surface area contributed by atoms with Gasteiger partial charge in [0.05, 0.1) is 4.88 Å². The molecule has 0 aliphatic carbocycles. The van der Waals surface area contributed by atoms with Crippen LogP contribution in [-0.2, 0) is 6.42 Å². The molecule has 0 saturated carbocycles. The van der Waals surface area contributed by atoms with Gasteiger partial charge in [-0.25, -0.2) is 0 Å². The second kappa shape index (κ2) is 9.53. The zero-order valence-electron chi connectivity index (χ0n) is 14.0. The lowest BCUT2D eigenvalue weighted by Crippen LogP contribution is -2.38. The number of nitrogens with one attached hydrogen (secondary N) is 1. The molecule has 2 rings (SSSR count). The summed E-state index contributed by atoms with van der Waals surface area (Å²) in [5.74, 6) is 1.03.